The quantitative estimate of drug-likeness (QED) is 0.885. The average molecular weight is 329 g/mol. The Morgan fingerprint density at radius 2 is 2.21 bits per heavy atom. The predicted molar refractivity (Wildman–Crippen MR) is 94.2 cm³/mol. The Bertz CT molecular complexity index is 683. The summed E-state index contributed by atoms with van der Waals surface area (Å²) < 4.78 is 7.68. The Balaban J connectivity index is 1.56. The summed E-state index contributed by atoms with van der Waals surface area (Å²) in [6.07, 6.45) is 5.78. The van der Waals surface area contributed by atoms with Crippen molar-refractivity contribution >= 4 is 0 Å². The predicted octanol–water partition coefficient (Wildman–Crippen LogP) is 2.61. The average Bonchev–Trinajstić information content (AvgIpc) is 3.17. The largest absolute Gasteiger partial charge is 0.491 e. The number of nitrogens with zero attached hydrogens (tertiary/aromatic N) is 3. The van der Waals surface area contributed by atoms with Gasteiger partial charge >= 0.3 is 0 Å². The molecule has 2 heterocycles. The van der Waals surface area contributed by atoms with Gasteiger partial charge in [0.2, 0.25) is 0 Å². The normalized spacial score (nSPS) is 19.6. The maximum Gasteiger partial charge on any atom is 0.122 e. The van der Waals surface area contributed by atoms with Crippen molar-refractivity contribution in [2.24, 2.45) is 7.05 Å². The van der Waals surface area contributed by atoms with E-state index in [1.165, 1.54) is 11.1 Å². The minimum atomic E-state index is -0.498. The summed E-state index contributed by atoms with van der Waals surface area (Å²) in [6, 6.07) is 6.50. The first-order valence-corrected chi connectivity index (χ1v) is 8.63. The van der Waals surface area contributed by atoms with Crippen molar-refractivity contribution in [2.45, 2.75) is 38.8 Å². The number of aromatic nitrogens is 2. The van der Waals surface area contributed by atoms with Crippen LogP contribution in [0.15, 0.2) is 30.6 Å². The van der Waals surface area contributed by atoms with E-state index in [0.29, 0.717) is 19.2 Å². The topological polar surface area (TPSA) is 50.5 Å². The van der Waals surface area contributed by atoms with Gasteiger partial charge in [-0.05, 0) is 50.4 Å². The van der Waals surface area contributed by atoms with Crippen LogP contribution in [0, 0.1) is 13.8 Å². The highest BCUT2D eigenvalue weighted by Crippen LogP contribution is 2.31. The summed E-state index contributed by atoms with van der Waals surface area (Å²) in [5, 5.41) is 14.7. The number of hydrogen-bond donors (Lipinski definition) is 1. The molecule has 0 radical (unpaired) electrons. The first-order chi connectivity index (χ1) is 11.5. The summed E-state index contributed by atoms with van der Waals surface area (Å²) in [4.78, 5) is 2.34. The zero-order valence-corrected chi connectivity index (χ0v) is 14.8. The molecular weight excluding hydrogens is 302 g/mol. The summed E-state index contributed by atoms with van der Waals surface area (Å²) in [7, 11) is 1.94. The van der Waals surface area contributed by atoms with Crippen LogP contribution in [0.4, 0.5) is 0 Å². The van der Waals surface area contributed by atoms with Gasteiger partial charge in [-0.15, -0.1) is 0 Å². The number of aliphatic hydroxyl groups excluding tert-OH is 1. The SMILES string of the molecule is Cc1ccc(C)c(OC[C@@H](O)CN2CCC[C@H]2c2cnn(C)c2)c1. The maximum absolute atomic E-state index is 10.4. The van der Waals surface area contributed by atoms with Crippen LogP contribution in [0.25, 0.3) is 0 Å². The molecule has 0 bridgehead atoms. The van der Waals surface area contributed by atoms with Gasteiger partial charge in [0.25, 0.3) is 0 Å². The summed E-state index contributed by atoms with van der Waals surface area (Å²) >= 11 is 0. The fraction of sp³-hybridized carbons (Fsp3) is 0.526. The van der Waals surface area contributed by atoms with Crippen LogP contribution < -0.4 is 4.74 Å². The van der Waals surface area contributed by atoms with Crippen LogP contribution in [0.1, 0.15) is 35.6 Å². The molecule has 1 aliphatic rings. The van der Waals surface area contributed by atoms with E-state index in [0.717, 1.165) is 30.7 Å². The number of aliphatic hydroxyl groups is 1. The summed E-state index contributed by atoms with van der Waals surface area (Å²) in [5.41, 5.74) is 3.50. The Labute approximate surface area is 143 Å². The van der Waals surface area contributed by atoms with Crippen molar-refractivity contribution in [3.8, 4) is 5.75 Å². The van der Waals surface area contributed by atoms with Crippen molar-refractivity contribution in [3.05, 3.63) is 47.3 Å². The monoisotopic (exact) mass is 329 g/mol. The molecule has 1 aromatic carbocycles. The van der Waals surface area contributed by atoms with E-state index in [-0.39, 0.29) is 0 Å². The van der Waals surface area contributed by atoms with Gasteiger partial charge in [0.05, 0.1) is 6.20 Å². The number of β-amino-alcohol motifs (C(OH)–C–C–N with tert-alkyl or cyclic N) is 1. The molecule has 1 aliphatic heterocycles. The zero-order chi connectivity index (χ0) is 17.1. The van der Waals surface area contributed by atoms with Gasteiger partial charge in [0.15, 0.2) is 0 Å². The molecule has 0 saturated carbocycles. The van der Waals surface area contributed by atoms with Gasteiger partial charge in [0.1, 0.15) is 18.5 Å². The van der Waals surface area contributed by atoms with E-state index in [9.17, 15) is 5.11 Å². The molecule has 0 spiro atoms. The van der Waals surface area contributed by atoms with Gasteiger partial charge in [-0.25, -0.2) is 0 Å². The van der Waals surface area contributed by atoms with Gasteiger partial charge in [-0.3, -0.25) is 9.58 Å². The number of hydrogen-bond acceptors (Lipinski definition) is 4. The highest BCUT2D eigenvalue weighted by Gasteiger charge is 2.28. The van der Waals surface area contributed by atoms with E-state index < -0.39 is 6.10 Å². The van der Waals surface area contributed by atoms with Crippen molar-refractivity contribution in [1.29, 1.82) is 0 Å². The molecule has 1 fully saturated rings. The Hall–Kier alpha value is -1.85. The molecule has 2 aromatic rings. The minimum Gasteiger partial charge on any atom is -0.491 e. The first-order valence-electron chi connectivity index (χ1n) is 8.63. The molecule has 1 aromatic heterocycles. The molecule has 5 heteroatoms. The number of aryl methyl sites for hydroxylation is 3. The molecule has 3 rings (SSSR count). The second-order valence-electron chi connectivity index (χ2n) is 6.83. The van der Waals surface area contributed by atoms with E-state index >= 15 is 0 Å². The molecular formula is C19H27N3O2. The van der Waals surface area contributed by atoms with Crippen molar-refractivity contribution in [1.82, 2.24) is 14.7 Å². The molecule has 24 heavy (non-hydrogen) atoms. The van der Waals surface area contributed by atoms with Gasteiger partial charge in [-0.2, -0.15) is 5.10 Å². The molecule has 130 valence electrons. The lowest BCUT2D eigenvalue weighted by molar-refractivity contribution is 0.0636. The number of likely N-dealkylation sites (tertiary alicyclic amines) is 1. The zero-order valence-electron chi connectivity index (χ0n) is 14.8. The molecule has 1 saturated heterocycles. The number of rotatable bonds is 6. The first kappa shape index (κ1) is 17.0. The third-order valence-corrected chi connectivity index (χ3v) is 4.69. The van der Waals surface area contributed by atoms with Crippen LogP contribution in [0.3, 0.4) is 0 Å². The smallest absolute Gasteiger partial charge is 0.122 e. The van der Waals surface area contributed by atoms with Gasteiger partial charge in [0, 0.05) is 31.4 Å². The van der Waals surface area contributed by atoms with E-state index in [1.807, 2.05) is 37.8 Å². The lowest BCUT2D eigenvalue weighted by Crippen LogP contribution is -2.35. The number of ether oxygens (including phenoxy) is 1. The van der Waals surface area contributed by atoms with Gasteiger partial charge < -0.3 is 9.84 Å². The molecule has 1 N–H and O–H groups in total. The Kier molecular flexibility index (Phi) is 5.21. The maximum atomic E-state index is 10.4. The van der Waals surface area contributed by atoms with Crippen LogP contribution in [0.2, 0.25) is 0 Å². The third kappa shape index (κ3) is 3.97. The van der Waals surface area contributed by atoms with E-state index in [2.05, 4.69) is 28.3 Å². The fourth-order valence-corrected chi connectivity index (χ4v) is 3.41. The lowest BCUT2D eigenvalue weighted by Gasteiger charge is -2.26. The summed E-state index contributed by atoms with van der Waals surface area (Å²) in [6.45, 7) is 6.04. The second-order valence-corrected chi connectivity index (χ2v) is 6.83. The van der Waals surface area contributed by atoms with Crippen LogP contribution in [-0.2, 0) is 7.05 Å². The number of benzene rings is 1. The standard InChI is InChI=1S/C19H27N3O2/c1-14-6-7-15(2)19(9-14)24-13-17(23)12-22-8-4-5-18(22)16-10-20-21(3)11-16/h6-7,9-11,17-18,23H,4-5,8,12-13H2,1-3H3/t17-,18-/m0/s1. The van der Waals surface area contributed by atoms with Crippen LogP contribution in [-0.4, -0.2) is 45.6 Å². The van der Waals surface area contributed by atoms with Crippen LogP contribution >= 0.6 is 0 Å². The highest BCUT2D eigenvalue weighted by atomic mass is 16.5. The molecule has 0 amide bonds. The fourth-order valence-electron chi connectivity index (χ4n) is 3.41. The molecule has 0 unspecified atom stereocenters. The van der Waals surface area contributed by atoms with Crippen molar-refractivity contribution in [3.63, 3.8) is 0 Å². The van der Waals surface area contributed by atoms with Gasteiger partial charge in [-0.1, -0.05) is 12.1 Å². The third-order valence-electron chi connectivity index (χ3n) is 4.69. The van der Waals surface area contributed by atoms with Crippen LogP contribution in [0.5, 0.6) is 5.75 Å². The lowest BCUT2D eigenvalue weighted by atomic mass is 10.1. The molecule has 5 nitrogen and oxygen atoms in total. The van der Waals surface area contributed by atoms with Crippen molar-refractivity contribution < 1.29 is 9.84 Å². The highest BCUT2D eigenvalue weighted by molar-refractivity contribution is 5.35. The Morgan fingerprint density at radius 3 is 2.96 bits per heavy atom. The van der Waals surface area contributed by atoms with E-state index in [4.69, 9.17) is 4.74 Å². The van der Waals surface area contributed by atoms with E-state index in [1.54, 1.807) is 0 Å². The van der Waals surface area contributed by atoms with Crippen molar-refractivity contribution in [2.75, 3.05) is 19.7 Å². The molecule has 2 atom stereocenters. The molecule has 0 aliphatic carbocycles. The summed E-state index contributed by atoms with van der Waals surface area (Å²) in [5.74, 6) is 0.860. The Morgan fingerprint density at radius 1 is 1.38 bits per heavy atom. The second kappa shape index (κ2) is 7.36. The minimum absolute atomic E-state index is 0.320.